The van der Waals surface area contributed by atoms with Gasteiger partial charge in [-0.05, 0) is 43.5 Å². The van der Waals surface area contributed by atoms with Gasteiger partial charge in [0.2, 0.25) is 0 Å². The molecule has 0 aliphatic carbocycles. The second-order valence-corrected chi connectivity index (χ2v) is 6.16. The standard InChI is InChI=1S/C16H20N2O2S/c1-4-5-17-16-18-12(9-21-16)15-8-19-13-6-10(2)11(3)7-14(13)20-15/h6-7,9,15H,4-5,8H2,1-3H3,(H,17,18). The first kappa shape index (κ1) is 14.2. The van der Waals surface area contributed by atoms with Crippen molar-refractivity contribution in [3.8, 4) is 11.5 Å². The third kappa shape index (κ3) is 2.97. The highest BCUT2D eigenvalue weighted by molar-refractivity contribution is 7.13. The number of rotatable bonds is 4. The minimum atomic E-state index is -0.131. The third-order valence-electron chi connectivity index (χ3n) is 3.60. The van der Waals surface area contributed by atoms with Crippen molar-refractivity contribution in [2.45, 2.75) is 33.3 Å². The molecule has 4 nitrogen and oxygen atoms in total. The van der Waals surface area contributed by atoms with Crippen molar-refractivity contribution in [1.82, 2.24) is 4.98 Å². The summed E-state index contributed by atoms with van der Waals surface area (Å²) in [5, 5.41) is 6.29. The van der Waals surface area contributed by atoms with Crippen LogP contribution in [0.3, 0.4) is 0 Å². The van der Waals surface area contributed by atoms with Crippen molar-refractivity contribution in [1.29, 1.82) is 0 Å². The number of ether oxygens (including phenoxy) is 2. The van der Waals surface area contributed by atoms with Crippen LogP contribution in [0.5, 0.6) is 11.5 Å². The lowest BCUT2D eigenvalue weighted by atomic mass is 10.1. The number of nitrogens with zero attached hydrogens (tertiary/aromatic N) is 1. The van der Waals surface area contributed by atoms with Crippen LogP contribution in [0, 0.1) is 13.8 Å². The van der Waals surface area contributed by atoms with Gasteiger partial charge in [0.15, 0.2) is 22.7 Å². The van der Waals surface area contributed by atoms with Gasteiger partial charge in [0.1, 0.15) is 6.61 Å². The second-order valence-electron chi connectivity index (χ2n) is 5.30. The number of hydrogen-bond acceptors (Lipinski definition) is 5. The number of anilines is 1. The van der Waals surface area contributed by atoms with Crippen molar-refractivity contribution >= 4 is 16.5 Å². The summed E-state index contributed by atoms with van der Waals surface area (Å²) in [5.41, 5.74) is 3.36. The minimum absolute atomic E-state index is 0.131. The molecule has 0 saturated heterocycles. The van der Waals surface area contributed by atoms with E-state index in [-0.39, 0.29) is 6.10 Å². The van der Waals surface area contributed by atoms with Crippen LogP contribution < -0.4 is 14.8 Å². The molecule has 2 heterocycles. The topological polar surface area (TPSA) is 43.4 Å². The molecule has 5 heteroatoms. The van der Waals surface area contributed by atoms with Gasteiger partial charge in [-0.1, -0.05) is 6.92 Å². The molecule has 112 valence electrons. The van der Waals surface area contributed by atoms with Gasteiger partial charge >= 0.3 is 0 Å². The molecular formula is C16H20N2O2S. The summed E-state index contributed by atoms with van der Waals surface area (Å²) in [6.45, 7) is 7.75. The Morgan fingerprint density at radius 2 is 2.05 bits per heavy atom. The minimum Gasteiger partial charge on any atom is -0.485 e. The number of hydrogen-bond donors (Lipinski definition) is 1. The first-order chi connectivity index (χ1) is 10.2. The van der Waals surface area contributed by atoms with Gasteiger partial charge in [-0.25, -0.2) is 4.98 Å². The van der Waals surface area contributed by atoms with Crippen molar-refractivity contribution in [3.63, 3.8) is 0 Å². The van der Waals surface area contributed by atoms with E-state index in [1.807, 2.05) is 17.5 Å². The maximum atomic E-state index is 6.06. The largest absolute Gasteiger partial charge is 0.485 e. The Balaban J connectivity index is 1.76. The Hall–Kier alpha value is -1.75. The fourth-order valence-electron chi connectivity index (χ4n) is 2.21. The SMILES string of the molecule is CCCNc1nc(C2COc3cc(C)c(C)cc3O2)cs1. The summed E-state index contributed by atoms with van der Waals surface area (Å²) in [4.78, 5) is 4.59. The fraction of sp³-hybridized carbons (Fsp3) is 0.438. The zero-order chi connectivity index (χ0) is 14.8. The van der Waals surface area contributed by atoms with Gasteiger partial charge in [0.05, 0.1) is 5.69 Å². The molecule has 3 rings (SSSR count). The average Bonchev–Trinajstić information content (AvgIpc) is 2.95. The first-order valence-corrected chi connectivity index (χ1v) is 8.15. The summed E-state index contributed by atoms with van der Waals surface area (Å²) >= 11 is 1.61. The van der Waals surface area contributed by atoms with Crippen molar-refractivity contribution < 1.29 is 9.47 Å². The van der Waals surface area contributed by atoms with Gasteiger partial charge in [-0.3, -0.25) is 0 Å². The summed E-state index contributed by atoms with van der Waals surface area (Å²) in [7, 11) is 0. The molecule has 0 spiro atoms. The van der Waals surface area contributed by atoms with Crippen LogP contribution >= 0.6 is 11.3 Å². The number of aromatic nitrogens is 1. The zero-order valence-electron chi connectivity index (χ0n) is 12.6. The molecule has 1 unspecified atom stereocenters. The maximum absolute atomic E-state index is 6.06. The molecule has 0 bridgehead atoms. The molecule has 0 amide bonds. The Bertz CT molecular complexity index is 639. The maximum Gasteiger partial charge on any atom is 0.182 e. The van der Waals surface area contributed by atoms with E-state index in [0.29, 0.717) is 6.61 Å². The van der Waals surface area contributed by atoms with Crippen LogP contribution in [0.2, 0.25) is 0 Å². The van der Waals surface area contributed by atoms with Gasteiger partial charge in [0, 0.05) is 11.9 Å². The van der Waals surface area contributed by atoms with E-state index in [1.165, 1.54) is 11.1 Å². The molecule has 1 aromatic heterocycles. The zero-order valence-corrected chi connectivity index (χ0v) is 13.4. The van der Waals surface area contributed by atoms with E-state index in [2.05, 4.69) is 31.1 Å². The average molecular weight is 304 g/mol. The van der Waals surface area contributed by atoms with Crippen LogP contribution in [0.15, 0.2) is 17.5 Å². The predicted molar refractivity (Wildman–Crippen MR) is 85.7 cm³/mol. The first-order valence-electron chi connectivity index (χ1n) is 7.27. The second kappa shape index (κ2) is 5.93. The Kier molecular flexibility index (Phi) is 4.01. The lowest BCUT2D eigenvalue weighted by molar-refractivity contribution is 0.0886. The summed E-state index contributed by atoms with van der Waals surface area (Å²) in [5.74, 6) is 1.64. The van der Waals surface area contributed by atoms with E-state index in [4.69, 9.17) is 9.47 Å². The van der Waals surface area contributed by atoms with Crippen LogP contribution in [-0.4, -0.2) is 18.1 Å². The highest BCUT2D eigenvalue weighted by Crippen LogP contribution is 2.38. The van der Waals surface area contributed by atoms with Crippen molar-refractivity contribution in [3.05, 3.63) is 34.3 Å². The lowest BCUT2D eigenvalue weighted by Gasteiger charge is -2.26. The van der Waals surface area contributed by atoms with Gasteiger partial charge in [-0.2, -0.15) is 0 Å². The van der Waals surface area contributed by atoms with E-state index < -0.39 is 0 Å². The molecule has 21 heavy (non-hydrogen) atoms. The Morgan fingerprint density at radius 3 is 2.81 bits per heavy atom. The van der Waals surface area contributed by atoms with Crippen molar-refractivity contribution in [2.24, 2.45) is 0 Å². The molecule has 0 saturated carbocycles. The molecule has 1 aromatic carbocycles. The lowest BCUT2D eigenvalue weighted by Crippen LogP contribution is -2.22. The molecule has 0 radical (unpaired) electrons. The normalized spacial score (nSPS) is 16.8. The van der Waals surface area contributed by atoms with Crippen LogP contribution in [-0.2, 0) is 0 Å². The van der Waals surface area contributed by atoms with Gasteiger partial charge < -0.3 is 14.8 Å². The number of nitrogens with one attached hydrogen (secondary N) is 1. The molecule has 2 aromatic rings. The van der Waals surface area contributed by atoms with Crippen molar-refractivity contribution in [2.75, 3.05) is 18.5 Å². The number of aryl methyl sites for hydroxylation is 2. The molecule has 1 N–H and O–H groups in total. The number of thiazole rings is 1. The molecule has 1 aliphatic rings. The third-order valence-corrected chi connectivity index (χ3v) is 4.42. The van der Waals surface area contributed by atoms with E-state index in [9.17, 15) is 0 Å². The fourth-order valence-corrected chi connectivity index (χ4v) is 2.99. The van der Waals surface area contributed by atoms with Crippen LogP contribution in [0.25, 0.3) is 0 Å². The molecular weight excluding hydrogens is 284 g/mol. The smallest absolute Gasteiger partial charge is 0.182 e. The molecule has 1 aliphatic heterocycles. The van der Waals surface area contributed by atoms with Crippen LogP contribution in [0.1, 0.15) is 36.3 Å². The predicted octanol–water partition coefficient (Wildman–Crippen LogP) is 4.09. The van der Waals surface area contributed by atoms with E-state index in [1.54, 1.807) is 11.3 Å². The summed E-state index contributed by atoms with van der Waals surface area (Å²) < 4.78 is 11.9. The Morgan fingerprint density at radius 1 is 1.29 bits per heavy atom. The van der Waals surface area contributed by atoms with E-state index in [0.717, 1.165) is 35.3 Å². The highest BCUT2D eigenvalue weighted by Gasteiger charge is 2.25. The number of benzene rings is 1. The van der Waals surface area contributed by atoms with Gasteiger partial charge in [0.25, 0.3) is 0 Å². The summed E-state index contributed by atoms with van der Waals surface area (Å²) in [6.07, 6.45) is 0.956. The van der Waals surface area contributed by atoms with Crippen LogP contribution in [0.4, 0.5) is 5.13 Å². The Labute approximate surface area is 129 Å². The monoisotopic (exact) mass is 304 g/mol. The number of fused-ring (bicyclic) bond motifs is 1. The highest BCUT2D eigenvalue weighted by atomic mass is 32.1. The summed E-state index contributed by atoms with van der Waals surface area (Å²) in [6, 6.07) is 4.08. The molecule has 1 atom stereocenters. The van der Waals surface area contributed by atoms with E-state index >= 15 is 0 Å². The quantitative estimate of drug-likeness (QED) is 0.923. The van der Waals surface area contributed by atoms with Gasteiger partial charge in [-0.15, -0.1) is 11.3 Å². The molecule has 0 fully saturated rings.